The topological polar surface area (TPSA) is 103 Å². The third-order valence-corrected chi connectivity index (χ3v) is 10.0. The number of anilines is 2. The minimum atomic E-state index is -2.36. The molecule has 3 aliphatic rings. The van der Waals surface area contributed by atoms with E-state index >= 15 is 0 Å². The lowest BCUT2D eigenvalue weighted by molar-refractivity contribution is -0.253. The number of hydrogen-bond donors (Lipinski definition) is 3. The van der Waals surface area contributed by atoms with Crippen LogP contribution in [0.25, 0.3) is 0 Å². The number of carbonyl (C=O) groups is 2. The van der Waals surface area contributed by atoms with Crippen molar-refractivity contribution >= 4 is 23.2 Å². The third kappa shape index (κ3) is 6.74. The Morgan fingerprint density at radius 1 is 0.827 bits per heavy atom. The van der Waals surface area contributed by atoms with Crippen molar-refractivity contribution in [2.24, 2.45) is 0 Å². The number of aliphatic hydroxyl groups excluding tert-OH is 1. The SMILES string of the molecule is O=C(Nc1ccc([C@H]2O[C@@H](CN3CCC4(CC3)C(=O)NCN4c3ccccc3)C[C@@H](c3ccc(CO)cc3)O2)cc1)c1c(F)c(F)c(F)c(F)c1F. The fourth-order valence-electron chi connectivity index (χ4n) is 7.18. The highest BCUT2D eigenvalue weighted by atomic mass is 19.2. The van der Waals surface area contributed by atoms with Gasteiger partial charge < -0.3 is 35.0 Å². The Kier molecular flexibility index (Phi) is 9.98. The summed E-state index contributed by atoms with van der Waals surface area (Å²) in [7, 11) is 0. The number of para-hydroxylation sites is 1. The van der Waals surface area contributed by atoms with Gasteiger partial charge in [-0.15, -0.1) is 0 Å². The highest BCUT2D eigenvalue weighted by Gasteiger charge is 2.50. The van der Waals surface area contributed by atoms with Gasteiger partial charge in [-0.05, 0) is 48.2 Å². The van der Waals surface area contributed by atoms with Crippen LogP contribution in [-0.4, -0.2) is 59.8 Å². The average Bonchev–Trinajstić information content (AvgIpc) is 3.49. The zero-order chi connectivity index (χ0) is 36.6. The van der Waals surface area contributed by atoms with E-state index in [-0.39, 0.29) is 24.3 Å². The number of nitrogens with zero attached hydrogens (tertiary/aromatic N) is 2. The first-order valence-corrected chi connectivity index (χ1v) is 16.8. The summed E-state index contributed by atoms with van der Waals surface area (Å²) in [6.07, 6.45) is 0.215. The van der Waals surface area contributed by atoms with Crippen molar-refractivity contribution < 1.29 is 46.1 Å². The zero-order valence-electron chi connectivity index (χ0n) is 27.8. The van der Waals surface area contributed by atoms with E-state index in [1.165, 1.54) is 12.1 Å². The Bertz CT molecular complexity index is 1910. The number of carbonyl (C=O) groups excluding carboxylic acids is 2. The van der Waals surface area contributed by atoms with Crippen molar-refractivity contribution in [1.29, 1.82) is 0 Å². The molecule has 1 spiro atoms. The van der Waals surface area contributed by atoms with Gasteiger partial charge in [0.25, 0.3) is 5.91 Å². The van der Waals surface area contributed by atoms with E-state index in [1.54, 1.807) is 12.1 Å². The van der Waals surface area contributed by atoms with Crippen molar-refractivity contribution in [1.82, 2.24) is 10.2 Å². The number of likely N-dealkylation sites (tertiary alicyclic amines) is 1. The number of benzene rings is 4. The quantitative estimate of drug-likeness (QED) is 0.115. The van der Waals surface area contributed by atoms with Crippen LogP contribution in [0.3, 0.4) is 0 Å². The first-order valence-electron chi connectivity index (χ1n) is 16.8. The van der Waals surface area contributed by atoms with Gasteiger partial charge in [-0.1, -0.05) is 54.6 Å². The molecule has 0 unspecified atom stereocenters. The molecule has 3 aliphatic heterocycles. The Morgan fingerprint density at radius 3 is 2.08 bits per heavy atom. The summed E-state index contributed by atoms with van der Waals surface area (Å²) in [4.78, 5) is 30.2. The largest absolute Gasteiger partial charge is 0.392 e. The summed E-state index contributed by atoms with van der Waals surface area (Å²) in [6, 6.07) is 23.2. The van der Waals surface area contributed by atoms with Gasteiger partial charge in [0.1, 0.15) is 11.1 Å². The maximum atomic E-state index is 14.2. The van der Waals surface area contributed by atoms with Gasteiger partial charge in [-0.3, -0.25) is 9.59 Å². The number of aliphatic hydroxyl groups is 1. The maximum absolute atomic E-state index is 14.2. The van der Waals surface area contributed by atoms with E-state index in [0.717, 1.165) is 16.8 Å². The molecule has 0 saturated carbocycles. The van der Waals surface area contributed by atoms with Gasteiger partial charge in [0.05, 0.1) is 25.5 Å². The summed E-state index contributed by atoms with van der Waals surface area (Å²) in [5.41, 5.74) is 0.960. The molecule has 3 N–H and O–H groups in total. The Labute approximate surface area is 295 Å². The summed E-state index contributed by atoms with van der Waals surface area (Å²) in [5, 5.41) is 14.7. The van der Waals surface area contributed by atoms with Crippen LogP contribution in [0.5, 0.6) is 0 Å². The molecule has 3 atom stereocenters. The average molecular weight is 723 g/mol. The zero-order valence-corrected chi connectivity index (χ0v) is 27.8. The molecular weight excluding hydrogens is 687 g/mol. The standard InChI is InChI=1S/C38H35F5N4O5/c39-30-29(31(40)33(42)34(43)32(30)41)35(49)45-25-12-10-24(11-13-25)36-51-27(18-28(52-36)23-8-6-22(20-48)7-9-23)19-46-16-14-38(15-17-46)37(50)44-21-47(38)26-4-2-1-3-5-26/h1-13,27-28,36,48H,14-21H2,(H,44,50)(H,45,49)/t27-,28+,36+/m1/s1. The molecule has 52 heavy (non-hydrogen) atoms. The fraction of sp³-hybridized carbons (Fsp3) is 0.316. The van der Waals surface area contributed by atoms with E-state index in [2.05, 4.69) is 20.4 Å². The summed E-state index contributed by atoms with van der Waals surface area (Å²) >= 11 is 0. The van der Waals surface area contributed by atoms with Crippen molar-refractivity contribution in [3.63, 3.8) is 0 Å². The molecule has 0 radical (unpaired) electrons. The molecule has 0 aliphatic carbocycles. The molecule has 0 aromatic heterocycles. The number of ether oxygens (including phenoxy) is 2. The van der Waals surface area contributed by atoms with Gasteiger partial charge in [0.15, 0.2) is 29.6 Å². The number of hydrogen-bond acceptors (Lipinski definition) is 7. The third-order valence-electron chi connectivity index (χ3n) is 10.0. The van der Waals surface area contributed by atoms with Crippen LogP contribution in [0.15, 0.2) is 78.9 Å². The molecule has 2 amide bonds. The van der Waals surface area contributed by atoms with Gasteiger partial charge in [0, 0.05) is 43.0 Å². The van der Waals surface area contributed by atoms with E-state index in [4.69, 9.17) is 9.47 Å². The number of piperidine rings is 1. The number of rotatable bonds is 8. The van der Waals surface area contributed by atoms with E-state index < -0.39 is 58.5 Å². The molecule has 9 nitrogen and oxygen atoms in total. The molecule has 3 heterocycles. The van der Waals surface area contributed by atoms with E-state index in [9.17, 15) is 36.6 Å². The smallest absolute Gasteiger partial charge is 0.261 e. The summed E-state index contributed by atoms with van der Waals surface area (Å²) in [6.45, 7) is 2.22. The van der Waals surface area contributed by atoms with Crippen LogP contribution in [0.2, 0.25) is 0 Å². The molecule has 7 rings (SSSR count). The molecule has 14 heteroatoms. The van der Waals surface area contributed by atoms with Crippen molar-refractivity contribution in [3.8, 4) is 0 Å². The van der Waals surface area contributed by atoms with Crippen LogP contribution < -0.4 is 15.5 Å². The Morgan fingerprint density at radius 2 is 1.44 bits per heavy atom. The van der Waals surface area contributed by atoms with Gasteiger partial charge in [-0.2, -0.15) is 0 Å². The molecule has 0 bridgehead atoms. The van der Waals surface area contributed by atoms with E-state index in [0.29, 0.717) is 51.1 Å². The van der Waals surface area contributed by atoms with Crippen LogP contribution >= 0.6 is 0 Å². The Balaban J connectivity index is 1.06. The molecule has 4 aromatic carbocycles. The van der Waals surface area contributed by atoms with Gasteiger partial charge >= 0.3 is 0 Å². The van der Waals surface area contributed by atoms with Crippen molar-refractivity contribution in [2.45, 2.75) is 49.9 Å². The lowest BCUT2D eigenvalue weighted by Gasteiger charge is -2.45. The van der Waals surface area contributed by atoms with Crippen molar-refractivity contribution in [3.05, 3.63) is 130 Å². The lowest BCUT2D eigenvalue weighted by atomic mass is 9.85. The number of amides is 2. The Hall–Kier alpha value is -4.89. The minimum Gasteiger partial charge on any atom is -0.392 e. The van der Waals surface area contributed by atoms with Crippen LogP contribution in [-0.2, 0) is 20.9 Å². The second-order valence-electron chi connectivity index (χ2n) is 13.1. The van der Waals surface area contributed by atoms with Gasteiger partial charge in [0.2, 0.25) is 11.7 Å². The molecule has 3 saturated heterocycles. The lowest BCUT2D eigenvalue weighted by Crippen LogP contribution is -2.57. The predicted molar refractivity (Wildman–Crippen MR) is 179 cm³/mol. The van der Waals surface area contributed by atoms with Crippen molar-refractivity contribution in [2.75, 3.05) is 36.5 Å². The maximum Gasteiger partial charge on any atom is 0.261 e. The van der Waals surface area contributed by atoms with Crippen LogP contribution in [0.1, 0.15) is 58.7 Å². The van der Waals surface area contributed by atoms with Crippen LogP contribution in [0, 0.1) is 29.1 Å². The first kappa shape index (κ1) is 35.5. The highest BCUT2D eigenvalue weighted by Crippen LogP contribution is 2.40. The normalized spacial score (nSPS) is 21.7. The highest BCUT2D eigenvalue weighted by molar-refractivity contribution is 6.04. The molecule has 4 aromatic rings. The molecular formula is C38H35F5N4O5. The number of nitrogens with one attached hydrogen (secondary N) is 2. The molecule has 3 fully saturated rings. The molecule has 272 valence electrons. The number of halogens is 5. The fourth-order valence-corrected chi connectivity index (χ4v) is 7.18. The minimum absolute atomic E-state index is 0.0247. The van der Waals surface area contributed by atoms with Gasteiger partial charge in [-0.25, -0.2) is 22.0 Å². The second-order valence-corrected chi connectivity index (χ2v) is 13.1. The summed E-state index contributed by atoms with van der Waals surface area (Å²) < 4.78 is 82.2. The summed E-state index contributed by atoms with van der Waals surface area (Å²) in [5.74, 6) is -12.7. The first-order chi connectivity index (χ1) is 25.1. The van der Waals surface area contributed by atoms with E-state index in [1.807, 2.05) is 54.6 Å². The van der Waals surface area contributed by atoms with Crippen LogP contribution in [0.4, 0.5) is 33.3 Å². The second kappa shape index (κ2) is 14.6. The monoisotopic (exact) mass is 722 g/mol. The predicted octanol–water partition coefficient (Wildman–Crippen LogP) is 6.10.